The molecular formula is C17H20ClN3O3S. The molecule has 1 heterocycles. The van der Waals surface area contributed by atoms with Crippen LogP contribution in [0.15, 0.2) is 30.5 Å². The third kappa shape index (κ3) is 6.45. The van der Waals surface area contributed by atoms with Gasteiger partial charge in [0.15, 0.2) is 5.01 Å². The Morgan fingerprint density at radius 1 is 1.12 bits per heavy atom. The largest absolute Gasteiger partial charge is 0.350 e. The first-order chi connectivity index (χ1) is 12.1. The third-order valence-electron chi connectivity index (χ3n) is 3.57. The first kappa shape index (κ1) is 19.4. The van der Waals surface area contributed by atoms with E-state index in [1.54, 1.807) is 23.8 Å². The van der Waals surface area contributed by atoms with Crippen LogP contribution in [0.25, 0.3) is 10.4 Å². The van der Waals surface area contributed by atoms with E-state index in [2.05, 4.69) is 10.3 Å². The van der Waals surface area contributed by atoms with Crippen LogP contribution in [0.1, 0.15) is 41.9 Å². The molecule has 0 bridgehead atoms. The van der Waals surface area contributed by atoms with Gasteiger partial charge in [-0.1, -0.05) is 36.6 Å². The molecule has 6 nitrogen and oxygen atoms in total. The quantitative estimate of drug-likeness (QED) is 0.351. The van der Waals surface area contributed by atoms with Gasteiger partial charge in [-0.15, -0.1) is 11.3 Å². The standard InChI is InChI=1S/C17H20ClN3O3S/c18-13-8-6-12(7-9-13)14-11-20-17(25-14)16(23)19-10-4-2-1-3-5-15(22)21-24/h6-9,11,24H,1-5,10H2,(H,19,23)(H,21,22). The van der Waals surface area contributed by atoms with Crippen molar-refractivity contribution < 1.29 is 14.8 Å². The highest BCUT2D eigenvalue weighted by Gasteiger charge is 2.11. The van der Waals surface area contributed by atoms with Gasteiger partial charge in [0.1, 0.15) is 0 Å². The van der Waals surface area contributed by atoms with E-state index in [0.717, 1.165) is 36.1 Å². The third-order valence-corrected chi connectivity index (χ3v) is 4.87. The lowest BCUT2D eigenvalue weighted by Crippen LogP contribution is -2.24. The van der Waals surface area contributed by atoms with Crippen LogP contribution < -0.4 is 10.8 Å². The van der Waals surface area contributed by atoms with Crippen LogP contribution >= 0.6 is 22.9 Å². The Labute approximate surface area is 155 Å². The molecule has 0 saturated heterocycles. The first-order valence-corrected chi connectivity index (χ1v) is 9.22. The van der Waals surface area contributed by atoms with Gasteiger partial charge >= 0.3 is 0 Å². The molecule has 25 heavy (non-hydrogen) atoms. The molecule has 0 fully saturated rings. The van der Waals surface area contributed by atoms with Gasteiger partial charge < -0.3 is 5.32 Å². The maximum absolute atomic E-state index is 12.1. The molecule has 0 saturated carbocycles. The van der Waals surface area contributed by atoms with Gasteiger partial charge in [0.25, 0.3) is 5.91 Å². The Hall–Kier alpha value is -1.96. The van der Waals surface area contributed by atoms with Gasteiger partial charge in [-0.2, -0.15) is 0 Å². The Morgan fingerprint density at radius 2 is 1.84 bits per heavy atom. The first-order valence-electron chi connectivity index (χ1n) is 8.03. The summed E-state index contributed by atoms with van der Waals surface area (Å²) in [5.41, 5.74) is 2.59. The monoisotopic (exact) mass is 381 g/mol. The van der Waals surface area contributed by atoms with Crippen LogP contribution in [0.4, 0.5) is 0 Å². The average Bonchev–Trinajstić information content (AvgIpc) is 3.11. The average molecular weight is 382 g/mol. The number of benzene rings is 1. The van der Waals surface area contributed by atoms with E-state index in [0.29, 0.717) is 23.0 Å². The lowest BCUT2D eigenvalue weighted by Gasteiger charge is -2.03. The predicted octanol–water partition coefficient (Wildman–Crippen LogP) is 3.65. The fourth-order valence-corrected chi connectivity index (χ4v) is 3.19. The second-order valence-electron chi connectivity index (χ2n) is 5.49. The maximum atomic E-state index is 12.1. The number of nitrogens with one attached hydrogen (secondary N) is 2. The molecule has 0 aliphatic rings. The van der Waals surface area contributed by atoms with Crippen LogP contribution in [0.5, 0.6) is 0 Å². The number of thiazole rings is 1. The van der Waals surface area contributed by atoms with Crippen molar-refractivity contribution in [3.8, 4) is 10.4 Å². The van der Waals surface area contributed by atoms with E-state index >= 15 is 0 Å². The summed E-state index contributed by atoms with van der Waals surface area (Å²) in [6, 6.07) is 7.41. The smallest absolute Gasteiger partial charge is 0.280 e. The molecule has 1 aromatic carbocycles. The van der Waals surface area contributed by atoms with Crippen LogP contribution in [0, 0.1) is 0 Å². The Bertz CT molecular complexity index is 703. The van der Waals surface area contributed by atoms with Crippen LogP contribution in [0.2, 0.25) is 5.02 Å². The van der Waals surface area contributed by atoms with Gasteiger partial charge in [0.05, 0.1) is 4.88 Å². The van der Waals surface area contributed by atoms with Gasteiger partial charge in [-0.05, 0) is 30.5 Å². The highest BCUT2D eigenvalue weighted by Crippen LogP contribution is 2.27. The number of hydrogen-bond donors (Lipinski definition) is 3. The number of carbonyl (C=O) groups is 2. The number of carbonyl (C=O) groups excluding carboxylic acids is 2. The lowest BCUT2D eigenvalue weighted by atomic mass is 10.1. The molecule has 0 radical (unpaired) electrons. The number of hydroxylamine groups is 1. The van der Waals surface area contributed by atoms with E-state index in [-0.39, 0.29) is 11.8 Å². The number of rotatable bonds is 9. The molecule has 134 valence electrons. The summed E-state index contributed by atoms with van der Waals surface area (Å²) >= 11 is 7.22. The Balaban J connectivity index is 1.69. The molecule has 2 aromatic rings. The zero-order valence-electron chi connectivity index (χ0n) is 13.6. The fourth-order valence-electron chi connectivity index (χ4n) is 2.22. The molecule has 1 aromatic heterocycles. The van der Waals surface area contributed by atoms with Crippen molar-refractivity contribution in [1.82, 2.24) is 15.8 Å². The van der Waals surface area contributed by atoms with Crippen LogP contribution in [-0.2, 0) is 4.79 Å². The minimum Gasteiger partial charge on any atom is -0.350 e. The molecule has 2 amide bonds. The zero-order valence-corrected chi connectivity index (χ0v) is 15.2. The van der Waals surface area contributed by atoms with Crippen molar-refractivity contribution in [1.29, 1.82) is 0 Å². The Kier molecular flexibility index (Phi) is 7.84. The van der Waals surface area contributed by atoms with Gasteiger partial charge in [-0.25, -0.2) is 10.5 Å². The molecule has 0 aliphatic heterocycles. The van der Waals surface area contributed by atoms with Gasteiger partial charge in [0.2, 0.25) is 5.91 Å². The maximum Gasteiger partial charge on any atom is 0.280 e. The SMILES string of the molecule is O=C(CCCCCCNC(=O)c1ncc(-c2ccc(Cl)cc2)s1)NO. The lowest BCUT2D eigenvalue weighted by molar-refractivity contribution is -0.129. The highest BCUT2D eigenvalue weighted by molar-refractivity contribution is 7.16. The van der Waals surface area contributed by atoms with E-state index < -0.39 is 0 Å². The minimum absolute atomic E-state index is 0.176. The highest BCUT2D eigenvalue weighted by atomic mass is 35.5. The second-order valence-corrected chi connectivity index (χ2v) is 6.96. The summed E-state index contributed by atoms with van der Waals surface area (Å²) < 4.78 is 0. The predicted molar refractivity (Wildman–Crippen MR) is 97.9 cm³/mol. The number of aromatic nitrogens is 1. The summed E-state index contributed by atoms with van der Waals surface area (Å²) in [5, 5.41) is 12.3. The van der Waals surface area contributed by atoms with Crippen molar-refractivity contribution in [3.05, 3.63) is 40.5 Å². The van der Waals surface area contributed by atoms with Crippen LogP contribution in [0.3, 0.4) is 0 Å². The summed E-state index contributed by atoms with van der Waals surface area (Å²) in [4.78, 5) is 28.0. The number of nitrogens with zero attached hydrogens (tertiary/aromatic N) is 1. The van der Waals surface area contributed by atoms with Crippen molar-refractivity contribution >= 4 is 34.8 Å². The number of unbranched alkanes of at least 4 members (excludes halogenated alkanes) is 3. The summed E-state index contributed by atoms with van der Waals surface area (Å²) in [6.45, 7) is 0.570. The molecule has 0 spiro atoms. The fraction of sp³-hybridized carbons (Fsp3) is 0.353. The van der Waals surface area contributed by atoms with Crippen LogP contribution in [-0.4, -0.2) is 28.6 Å². The number of amides is 2. The molecule has 0 unspecified atom stereocenters. The molecule has 0 aliphatic carbocycles. The Morgan fingerprint density at radius 3 is 2.56 bits per heavy atom. The van der Waals surface area contributed by atoms with Gasteiger partial charge in [0, 0.05) is 24.2 Å². The van der Waals surface area contributed by atoms with E-state index in [9.17, 15) is 9.59 Å². The molecular weight excluding hydrogens is 362 g/mol. The van der Waals surface area contributed by atoms with Gasteiger partial charge in [-0.3, -0.25) is 14.8 Å². The topological polar surface area (TPSA) is 91.3 Å². The molecule has 8 heteroatoms. The van der Waals surface area contributed by atoms with Crippen molar-refractivity contribution in [2.45, 2.75) is 32.1 Å². The van der Waals surface area contributed by atoms with Crippen molar-refractivity contribution in [3.63, 3.8) is 0 Å². The molecule has 2 rings (SSSR count). The van der Waals surface area contributed by atoms with E-state index in [1.165, 1.54) is 11.3 Å². The minimum atomic E-state index is -0.367. The second kappa shape index (κ2) is 10.1. The molecule has 0 atom stereocenters. The van der Waals surface area contributed by atoms with E-state index in [4.69, 9.17) is 16.8 Å². The number of hydrogen-bond acceptors (Lipinski definition) is 5. The van der Waals surface area contributed by atoms with Crippen molar-refractivity contribution in [2.24, 2.45) is 0 Å². The number of halogens is 1. The summed E-state index contributed by atoms with van der Waals surface area (Å²) in [5.74, 6) is -0.543. The van der Waals surface area contributed by atoms with Crippen molar-refractivity contribution in [2.75, 3.05) is 6.54 Å². The normalized spacial score (nSPS) is 10.5. The zero-order chi connectivity index (χ0) is 18.1. The summed E-state index contributed by atoms with van der Waals surface area (Å²) in [7, 11) is 0. The van der Waals surface area contributed by atoms with E-state index in [1.807, 2.05) is 12.1 Å². The summed E-state index contributed by atoms with van der Waals surface area (Å²) in [6.07, 6.45) is 5.35. The molecule has 3 N–H and O–H groups in total.